The molecule has 0 radical (unpaired) electrons. The molecule has 6 rings (SSSR count). The summed E-state index contributed by atoms with van der Waals surface area (Å²) in [6.07, 6.45) is 9.52. The van der Waals surface area contributed by atoms with Crippen molar-refractivity contribution in [3.63, 3.8) is 0 Å². The first-order chi connectivity index (χ1) is 16.1. The van der Waals surface area contributed by atoms with Crippen molar-refractivity contribution in [3.8, 4) is 22.7 Å². The molecule has 1 aliphatic heterocycles. The number of hydrogen-bond acceptors (Lipinski definition) is 4. The highest BCUT2D eigenvalue weighted by Crippen LogP contribution is 2.40. The standard InChI is InChI=1S/C25H22FN5O2.CH4/c1-15-9-19(26)18(10-22(15)31-12-21(28-14-31)16-5-6-16)25(32)29-20-4-2-3-17-23-11-27-13-30(23)7-8-33-24(17)20;/h2-4,9-14,16H,5-8H2,1H3,(H,29,32);1H4. The van der Waals surface area contributed by atoms with E-state index in [-0.39, 0.29) is 13.0 Å². The van der Waals surface area contributed by atoms with Crippen molar-refractivity contribution < 1.29 is 13.9 Å². The van der Waals surface area contributed by atoms with Gasteiger partial charge in [0, 0.05) is 17.7 Å². The number of aromatic nitrogens is 4. The number of nitrogens with zero attached hydrogens (tertiary/aromatic N) is 4. The van der Waals surface area contributed by atoms with E-state index < -0.39 is 11.7 Å². The summed E-state index contributed by atoms with van der Waals surface area (Å²) < 4.78 is 24.7. The van der Waals surface area contributed by atoms with Crippen LogP contribution in [0.1, 0.15) is 47.8 Å². The Labute approximate surface area is 197 Å². The molecule has 8 heteroatoms. The van der Waals surface area contributed by atoms with E-state index >= 15 is 0 Å². The van der Waals surface area contributed by atoms with Gasteiger partial charge in [-0.1, -0.05) is 13.5 Å². The van der Waals surface area contributed by atoms with Crippen molar-refractivity contribution in [3.05, 3.63) is 78.0 Å². The fourth-order valence-electron chi connectivity index (χ4n) is 4.32. The van der Waals surface area contributed by atoms with E-state index in [0.717, 1.165) is 41.0 Å². The Morgan fingerprint density at radius 1 is 1.24 bits per heavy atom. The van der Waals surface area contributed by atoms with Crippen LogP contribution >= 0.6 is 0 Å². The van der Waals surface area contributed by atoms with E-state index in [1.165, 1.54) is 6.07 Å². The molecule has 174 valence electrons. The van der Waals surface area contributed by atoms with Gasteiger partial charge in [0.05, 0.1) is 53.7 Å². The summed E-state index contributed by atoms with van der Waals surface area (Å²) in [4.78, 5) is 21.9. The number of benzene rings is 2. The number of imidazole rings is 2. The minimum absolute atomic E-state index is 0. The van der Waals surface area contributed by atoms with E-state index in [2.05, 4.69) is 15.3 Å². The molecule has 0 bridgehead atoms. The highest BCUT2D eigenvalue weighted by molar-refractivity contribution is 6.06. The Morgan fingerprint density at radius 3 is 2.91 bits per heavy atom. The first-order valence-electron chi connectivity index (χ1n) is 11.0. The first-order valence-corrected chi connectivity index (χ1v) is 11.0. The van der Waals surface area contributed by atoms with Crippen molar-refractivity contribution in [2.24, 2.45) is 0 Å². The summed E-state index contributed by atoms with van der Waals surface area (Å²) >= 11 is 0. The van der Waals surface area contributed by atoms with Gasteiger partial charge in [0.2, 0.25) is 0 Å². The van der Waals surface area contributed by atoms with Gasteiger partial charge in [-0.15, -0.1) is 0 Å². The van der Waals surface area contributed by atoms with Crippen LogP contribution in [0.5, 0.6) is 5.75 Å². The second kappa shape index (κ2) is 8.44. The van der Waals surface area contributed by atoms with Crippen LogP contribution in [-0.2, 0) is 6.54 Å². The molecule has 2 aliphatic rings. The smallest absolute Gasteiger partial charge is 0.258 e. The summed E-state index contributed by atoms with van der Waals surface area (Å²) in [6.45, 7) is 2.92. The van der Waals surface area contributed by atoms with Gasteiger partial charge in [-0.05, 0) is 49.6 Å². The molecule has 1 aliphatic carbocycles. The van der Waals surface area contributed by atoms with E-state index in [4.69, 9.17) is 4.74 Å². The number of hydrogen-bond donors (Lipinski definition) is 1. The van der Waals surface area contributed by atoms with Crippen molar-refractivity contribution in [2.45, 2.75) is 39.7 Å². The molecule has 1 N–H and O–H groups in total. The highest BCUT2D eigenvalue weighted by Gasteiger charge is 2.26. The third-order valence-corrected chi connectivity index (χ3v) is 6.24. The average molecular weight is 460 g/mol. The molecule has 0 unspecified atom stereocenters. The minimum Gasteiger partial charge on any atom is -0.489 e. The SMILES string of the molecule is C.Cc1cc(F)c(C(=O)Nc2cccc3c2OCCn2cncc2-3)cc1-n1cnc(C2CC2)c1. The molecular formula is C26H26FN5O2. The maximum Gasteiger partial charge on any atom is 0.258 e. The van der Waals surface area contributed by atoms with Crippen LogP contribution < -0.4 is 10.1 Å². The lowest BCUT2D eigenvalue weighted by Crippen LogP contribution is -2.16. The quantitative estimate of drug-likeness (QED) is 0.447. The van der Waals surface area contributed by atoms with Crippen molar-refractivity contribution >= 4 is 11.6 Å². The van der Waals surface area contributed by atoms with Crippen molar-refractivity contribution in [2.75, 3.05) is 11.9 Å². The van der Waals surface area contributed by atoms with Gasteiger partial charge < -0.3 is 19.2 Å². The average Bonchev–Trinajstić information content (AvgIpc) is 3.41. The largest absolute Gasteiger partial charge is 0.489 e. The summed E-state index contributed by atoms with van der Waals surface area (Å²) in [5, 5.41) is 2.85. The number of carbonyl (C=O) groups excluding carboxylic acids is 1. The number of carbonyl (C=O) groups is 1. The van der Waals surface area contributed by atoms with Gasteiger partial charge in [0.15, 0.2) is 5.75 Å². The number of rotatable bonds is 4. The lowest BCUT2D eigenvalue weighted by molar-refractivity contribution is 0.102. The second-order valence-corrected chi connectivity index (χ2v) is 8.56. The summed E-state index contributed by atoms with van der Waals surface area (Å²) in [5.74, 6) is -0.0377. The molecule has 1 fully saturated rings. The maximum absolute atomic E-state index is 14.9. The second-order valence-electron chi connectivity index (χ2n) is 8.56. The Hall–Kier alpha value is -3.94. The third-order valence-electron chi connectivity index (χ3n) is 6.24. The fourth-order valence-corrected chi connectivity index (χ4v) is 4.32. The number of aryl methyl sites for hydroxylation is 1. The van der Waals surface area contributed by atoms with Crippen LogP contribution in [0.3, 0.4) is 0 Å². The predicted octanol–water partition coefficient (Wildman–Crippen LogP) is 5.34. The molecule has 0 saturated heterocycles. The van der Waals surface area contributed by atoms with E-state index in [0.29, 0.717) is 30.5 Å². The van der Waals surface area contributed by atoms with Crippen molar-refractivity contribution in [1.82, 2.24) is 19.1 Å². The molecule has 0 atom stereocenters. The van der Waals surface area contributed by atoms with Crippen LogP contribution in [0, 0.1) is 12.7 Å². The zero-order valence-corrected chi connectivity index (χ0v) is 18.1. The van der Waals surface area contributed by atoms with Crippen LogP contribution in [-0.4, -0.2) is 31.6 Å². The summed E-state index contributed by atoms with van der Waals surface area (Å²) in [6, 6.07) is 8.48. The molecule has 34 heavy (non-hydrogen) atoms. The molecule has 1 amide bonds. The molecule has 7 nitrogen and oxygen atoms in total. The lowest BCUT2D eigenvalue weighted by Gasteiger charge is -2.15. The van der Waals surface area contributed by atoms with Gasteiger partial charge in [-0.3, -0.25) is 4.79 Å². The van der Waals surface area contributed by atoms with Crippen molar-refractivity contribution in [1.29, 1.82) is 0 Å². The lowest BCUT2D eigenvalue weighted by atomic mass is 10.1. The van der Waals surface area contributed by atoms with Gasteiger partial charge >= 0.3 is 0 Å². The molecule has 1 saturated carbocycles. The molecular weight excluding hydrogens is 433 g/mol. The number of fused-ring (bicyclic) bond motifs is 3. The van der Waals surface area contributed by atoms with E-state index in [9.17, 15) is 9.18 Å². The third kappa shape index (κ3) is 3.75. The van der Waals surface area contributed by atoms with E-state index in [1.807, 2.05) is 34.4 Å². The Morgan fingerprint density at radius 2 is 2.09 bits per heavy atom. The molecule has 0 spiro atoms. The molecule has 2 aromatic carbocycles. The first kappa shape index (κ1) is 21.9. The van der Waals surface area contributed by atoms with Gasteiger partial charge in [-0.2, -0.15) is 0 Å². The van der Waals surface area contributed by atoms with E-state index in [1.54, 1.807) is 31.0 Å². The number of para-hydroxylation sites is 1. The van der Waals surface area contributed by atoms with Gasteiger partial charge in [0.1, 0.15) is 12.4 Å². The number of halogens is 1. The highest BCUT2D eigenvalue weighted by atomic mass is 19.1. The maximum atomic E-state index is 14.9. The zero-order chi connectivity index (χ0) is 22.5. The molecule has 4 aromatic rings. The predicted molar refractivity (Wildman–Crippen MR) is 128 cm³/mol. The zero-order valence-electron chi connectivity index (χ0n) is 18.1. The normalized spacial score (nSPS) is 14.3. The van der Waals surface area contributed by atoms with Crippen LogP contribution in [0.4, 0.5) is 10.1 Å². The molecule has 3 heterocycles. The fraction of sp³-hybridized carbons (Fsp3) is 0.269. The topological polar surface area (TPSA) is 74.0 Å². The number of nitrogens with one attached hydrogen (secondary N) is 1. The Bertz CT molecular complexity index is 1390. The number of amides is 1. The Kier molecular flexibility index (Phi) is 5.43. The van der Waals surface area contributed by atoms with Crippen LogP contribution in [0.2, 0.25) is 0 Å². The van der Waals surface area contributed by atoms with Gasteiger partial charge in [0.25, 0.3) is 5.91 Å². The summed E-state index contributed by atoms with van der Waals surface area (Å²) in [7, 11) is 0. The summed E-state index contributed by atoms with van der Waals surface area (Å²) in [5.41, 5.74) is 4.70. The Balaban J connectivity index is 0.00000241. The monoisotopic (exact) mass is 459 g/mol. The van der Waals surface area contributed by atoms with Gasteiger partial charge in [-0.25, -0.2) is 14.4 Å². The van der Waals surface area contributed by atoms with Crippen LogP contribution in [0.25, 0.3) is 16.9 Å². The molecule has 2 aromatic heterocycles. The number of ether oxygens (including phenoxy) is 1. The number of anilines is 1. The minimum atomic E-state index is -0.572. The van der Waals surface area contributed by atoms with Crippen LogP contribution in [0.15, 0.2) is 55.4 Å².